The first-order valence-electron chi connectivity index (χ1n) is 4.33. The quantitative estimate of drug-likeness (QED) is 0.793. The summed E-state index contributed by atoms with van der Waals surface area (Å²) in [5.74, 6) is -0.983. The van der Waals surface area contributed by atoms with Crippen molar-refractivity contribution < 1.29 is 9.90 Å². The number of carbonyl (C=O) groups is 1. The molecule has 2 aromatic rings. The lowest BCUT2D eigenvalue weighted by Crippen LogP contribution is -2.03. The monoisotopic (exact) mass is 249 g/mol. The third-order valence-corrected chi connectivity index (χ3v) is 2.05. The van der Waals surface area contributed by atoms with Crippen LogP contribution in [0.4, 0.5) is 0 Å². The lowest BCUT2D eigenvalue weighted by molar-refractivity contribution is 0.0696. The van der Waals surface area contributed by atoms with Crippen LogP contribution >= 0.6 is 11.6 Å². The summed E-state index contributed by atoms with van der Waals surface area (Å²) in [4.78, 5) is 18.4. The molecule has 0 bridgehead atoms. The van der Waals surface area contributed by atoms with Crippen LogP contribution in [0.1, 0.15) is 16.2 Å². The van der Waals surface area contributed by atoms with Crippen LogP contribution in [-0.2, 0) is 0 Å². The zero-order valence-corrected chi connectivity index (χ0v) is 8.96. The summed E-state index contributed by atoms with van der Waals surface area (Å²) in [6.07, 6.45) is 1.25. The molecule has 0 spiro atoms. The van der Waals surface area contributed by atoms with Gasteiger partial charge >= 0.3 is 5.97 Å². The largest absolute Gasteiger partial charge is 0.478 e. The number of nitrogens with zero attached hydrogens (tertiary/aromatic N) is 5. The first-order valence-corrected chi connectivity index (χ1v) is 4.71. The van der Waals surface area contributed by atoms with E-state index in [1.165, 1.54) is 23.1 Å². The maximum atomic E-state index is 10.8. The highest BCUT2D eigenvalue weighted by molar-refractivity contribution is 6.29. The van der Waals surface area contributed by atoms with Crippen molar-refractivity contribution in [1.29, 1.82) is 5.26 Å². The molecule has 0 aromatic carbocycles. The molecule has 0 saturated heterocycles. The van der Waals surface area contributed by atoms with Gasteiger partial charge in [-0.05, 0) is 12.1 Å². The van der Waals surface area contributed by atoms with Crippen LogP contribution in [0.5, 0.6) is 0 Å². The molecule has 84 valence electrons. The normalized spacial score (nSPS) is 9.88. The lowest BCUT2D eigenvalue weighted by Gasteiger charge is -2.01. The van der Waals surface area contributed by atoms with E-state index >= 15 is 0 Å². The van der Waals surface area contributed by atoms with Crippen LogP contribution in [0.15, 0.2) is 18.5 Å². The maximum Gasteiger partial charge on any atom is 0.335 e. The predicted molar refractivity (Wildman–Crippen MR) is 55.8 cm³/mol. The van der Waals surface area contributed by atoms with Crippen LogP contribution in [0.2, 0.25) is 5.15 Å². The molecule has 0 atom stereocenters. The minimum atomic E-state index is -1.13. The molecular formula is C9H4ClN5O2. The predicted octanol–water partition coefficient (Wildman–Crippen LogP) is 0.886. The number of pyridine rings is 1. The standard InChI is InChI=1S/C9H4ClN5O2/c10-6-1-5(9(16)17)2-8(13-6)15-4-12-7(3-11)14-15/h1-2,4H,(H,16,17). The minimum absolute atomic E-state index is 0.0194. The van der Waals surface area contributed by atoms with Gasteiger partial charge in [0.05, 0.1) is 5.56 Å². The average molecular weight is 250 g/mol. The SMILES string of the molecule is N#Cc1ncn(-c2cc(C(=O)O)cc(Cl)n2)n1. The Bertz CT molecular complexity index is 631. The lowest BCUT2D eigenvalue weighted by atomic mass is 10.2. The van der Waals surface area contributed by atoms with Gasteiger partial charge in [0.15, 0.2) is 5.82 Å². The Balaban J connectivity index is 2.52. The highest BCUT2D eigenvalue weighted by Gasteiger charge is 2.10. The number of carboxylic acids is 1. The molecule has 17 heavy (non-hydrogen) atoms. The van der Waals surface area contributed by atoms with E-state index < -0.39 is 5.97 Å². The van der Waals surface area contributed by atoms with E-state index in [1.54, 1.807) is 6.07 Å². The van der Waals surface area contributed by atoms with Crippen LogP contribution in [0.3, 0.4) is 0 Å². The number of aromatic nitrogens is 4. The summed E-state index contributed by atoms with van der Waals surface area (Å²) < 4.78 is 1.18. The molecule has 0 aliphatic heterocycles. The average Bonchev–Trinajstić information content (AvgIpc) is 2.76. The summed E-state index contributed by atoms with van der Waals surface area (Å²) in [5, 5.41) is 21.2. The number of aromatic carboxylic acids is 1. The molecular weight excluding hydrogens is 246 g/mol. The fourth-order valence-electron chi connectivity index (χ4n) is 1.15. The first kappa shape index (κ1) is 11.0. The fourth-order valence-corrected chi connectivity index (χ4v) is 1.35. The van der Waals surface area contributed by atoms with Gasteiger partial charge in [0.25, 0.3) is 5.82 Å². The van der Waals surface area contributed by atoms with Gasteiger partial charge in [-0.25, -0.2) is 19.4 Å². The van der Waals surface area contributed by atoms with Crippen molar-refractivity contribution in [3.05, 3.63) is 35.0 Å². The molecule has 0 unspecified atom stereocenters. The van der Waals surface area contributed by atoms with Gasteiger partial charge in [-0.2, -0.15) is 5.26 Å². The van der Waals surface area contributed by atoms with Crippen molar-refractivity contribution >= 4 is 17.6 Å². The Hall–Kier alpha value is -2.46. The van der Waals surface area contributed by atoms with Gasteiger partial charge in [-0.3, -0.25) is 0 Å². The van der Waals surface area contributed by atoms with Crippen LogP contribution < -0.4 is 0 Å². The van der Waals surface area contributed by atoms with Gasteiger partial charge in [0.1, 0.15) is 17.5 Å². The van der Waals surface area contributed by atoms with Crippen LogP contribution in [-0.4, -0.2) is 30.8 Å². The van der Waals surface area contributed by atoms with Crippen molar-refractivity contribution in [3.63, 3.8) is 0 Å². The van der Waals surface area contributed by atoms with Gasteiger partial charge in [-0.1, -0.05) is 11.6 Å². The Morgan fingerprint density at radius 2 is 2.29 bits per heavy atom. The molecule has 2 rings (SSSR count). The van der Waals surface area contributed by atoms with E-state index in [-0.39, 0.29) is 22.4 Å². The van der Waals surface area contributed by atoms with Gasteiger partial charge < -0.3 is 5.11 Å². The molecule has 0 aliphatic carbocycles. The molecule has 1 N–H and O–H groups in total. The number of hydrogen-bond donors (Lipinski definition) is 1. The molecule has 0 amide bonds. The second-order valence-corrected chi connectivity index (χ2v) is 3.35. The topological polar surface area (TPSA) is 105 Å². The summed E-state index contributed by atoms with van der Waals surface area (Å²) in [7, 11) is 0. The van der Waals surface area contributed by atoms with Crippen LogP contribution in [0.25, 0.3) is 5.82 Å². The summed E-state index contributed by atoms with van der Waals surface area (Å²) in [6.45, 7) is 0. The molecule has 0 aliphatic rings. The molecule has 2 heterocycles. The highest BCUT2D eigenvalue weighted by atomic mass is 35.5. The van der Waals surface area contributed by atoms with Gasteiger partial charge in [0, 0.05) is 0 Å². The molecule has 2 aromatic heterocycles. The second-order valence-electron chi connectivity index (χ2n) is 2.97. The van der Waals surface area contributed by atoms with Crippen molar-refractivity contribution in [2.24, 2.45) is 0 Å². The fraction of sp³-hybridized carbons (Fsp3) is 0. The third-order valence-electron chi connectivity index (χ3n) is 1.85. The van der Waals surface area contributed by atoms with E-state index in [0.29, 0.717) is 0 Å². The number of carboxylic acid groups (broad SMARTS) is 1. The molecule has 0 radical (unpaired) electrons. The number of hydrogen-bond acceptors (Lipinski definition) is 5. The number of nitriles is 1. The molecule has 8 heteroatoms. The highest BCUT2D eigenvalue weighted by Crippen LogP contribution is 2.13. The molecule has 0 saturated carbocycles. The Morgan fingerprint density at radius 1 is 1.53 bits per heavy atom. The van der Waals surface area contributed by atoms with Crippen molar-refractivity contribution in [2.45, 2.75) is 0 Å². The van der Waals surface area contributed by atoms with E-state index in [1.807, 2.05) is 0 Å². The summed E-state index contributed by atoms with van der Waals surface area (Å²) in [6, 6.07) is 4.25. The van der Waals surface area contributed by atoms with Crippen LogP contribution in [0, 0.1) is 11.3 Å². The molecule has 7 nitrogen and oxygen atoms in total. The Labute approximate surface area is 99.9 Å². The summed E-state index contributed by atoms with van der Waals surface area (Å²) >= 11 is 5.68. The third kappa shape index (κ3) is 2.21. The van der Waals surface area contributed by atoms with E-state index in [9.17, 15) is 4.79 Å². The van der Waals surface area contributed by atoms with E-state index in [0.717, 1.165) is 0 Å². The second kappa shape index (κ2) is 4.19. The maximum absolute atomic E-state index is 10.8. The van der Waals surface area contributed by atoms with Crippen molar-refractivity contribution in [1.82, 2.24) is 19.7 Å². The zero-order chi connectivity index (χ0) is 12.4. The van der Waals surface area contributed by atoms with Crippen molar-refractivity contribution in [2.75, 3.05) is 0 Å². The number of halogens is 1. The first-order chi connectivity index (χ1) is 8.10. The Kier molecular flexibility index (Phi) is 2.72. The smallest absolute Gasteiger partial charge is 0.335 e. The van der Waals surface area contributed by atoms with E-state index in [2.05, 4.69) is 15.1 Å². The zero-order valence-electron chi connectivity index (χ0n) is 8.20. The summed E-state index contributed by atoms with van der Waals surface area (Å²) in [5.41, 5.74) is -0.0194. The number of rotatable bonds is 2. The Morgan fingerprint density at radius 3 is 2.88 bits per heavy atom. The minimum Gasteiger partial charge on any atom is -0.478 e. The van der Waals surface area contributed by atoms with E-state index in [4.69, 9.17) is 22.0 Å². The molecule has 0 fully saturated rings. The van der Waals surface area contributed by atoms with Gasteiger partial charge in [0.2, 0.25) is 0 Å². The van der Waals surface area contributed by atoms with Gasteiger partial charge in [-0.15, -0.1) is 5.10 Å². The van der Waals surface area contributed by atoms with Crippen molar-refractivity contribution in [3.8, 4) is 11.9 Å².